The highest BCUT2D eigenvalue weighted by Crippen LogP contribution is 2.29. The van der Waals surface area contributed by atoms with Crippen LogP contribution in [0.15, 0.2) is 24.3 Å². The molecule has 0 heterocycles. The number of rotatable bonds is 5. The van der Waals surface area contributed by atoms with Crippen molar-refractivity contribution in [3.05, 3.63) is 41.8 Å². The van der Waals surface area contributed by atoms with Crippen LogP contribution < -0.4 is 5.32 Å². The first-order chi connectivity index (χ1) is 8.43. The second-order valence-electron chi connectivity index (χ2n) is 3.61. The molecule has 1 radical (unpaired) electrons. The molecule has 1 rings (SSSR count). The predicted molar refractivity (Wildman–Crippen MR) is 59.6 cm³/mol. The van der Waals surface area contributed by atoms with Crippen LogP contribution >= 0.6 is 0 Å². The molecule has 6 heteroatoms. The van der Waals surface area contributed by atoms with Crippen molar-refractivity contribution in [3.8, 4) is 0 Å². The van der Waals surface area contributed by atoms with E-state index in [1.165, 1.54) is 18.6 Å². The Morgan fingerprint density at radius 2 is 2.11 bits per heavy atom. The number of aliphatic hydroxyl groups excluding tert-OH is 1. The summed E-state index contributed by atoms with van der Waals surface area (Å²) < 4.78 is 37.2. The fourth-order valence-electron chi connectivity index (χ4n) is 1.32. The number of halogens is 3. The maximum absolute atomic E-state index is 12.4. The molecule has 0 aliphatic rings. The minimum Gasteiger partial charge on any atom is -0.395 e. The number of amides is 1. The fourth-order valence-corrected chi connectivity index (χ4v) is 1.32. The molecule has 0 bridgehead atoms. The van der Waals surface area contributed by atoms with Gasteiger partial charge >= 0.3 is 6.18 Å². The van der Waals surface area contributed by atoms with Crippen molar-refractivity contribution < 1.29 is 23.1 Å². The van der Waals surface area contributed by atoms with Crippen LogP contribution in [0, 0.1) is 6.42 Å². The Bertz CT molecular complexity index is 405. The summed E-state index contributed by atoms with van der Waals surface area (Å²) in [5, 5.41) is 10.9. The second kappa shape index (κ2) is 6.39. The van der Waals surface area contributed by atoms with E-state index >= 15 is 0 Å². The van der Waals surface area contributed by atoms with Crippen LogP contribution in [0.4, 0.5) is 13.2 Å². The van der Waals surface area contributed by atoms with Crippen LogP contribution in [0.25, 0.3) is 0 Å². The summed E-state index contributed by atoms with van der Waals surface area (Å²) in [5.74, 6) is -0.346. The first-order valence-corrected chi connectivity index (χ1v) is 5.31. The Balaban J connectivity index is 2.55. The molecule has 18 heavy (non-hydrogen) atoms. The van der Waals surface area contributed by atoms with Gasteiger partial charge in [0.05, 0.1) is 12.2 Å². The monoisotopic (exact) mass is 260 g/mol. The first-order valence-electron chi connectivity index (χ1n) is 5.31. The van der Waals surface area contributed by atoms with E-state index in [4.69, 9.17) is 5.11 Å². The Hall–Kier alpha value is -1.56. The van der Waals surface area contributed by atoms with E-state index in [1.54, 1.807) is 0 Å². The van der Waals surface area contributed by atoms with Crippen molar-refractivity contribution in [1.29, 1.82) is 0 Å². The van der Waals surface area contributed by atoms with Crippen molar-refractivity contribution in [2.75, 3.05) is 13.2 Å². The van der Waals surface area contributed by atoms with E-state index < -0.39 is 11.7 Å². The number of hydrogen-bond acceptors (Lipinski definition) is 2. The number of carbonyl (C=O) groups is 1. The lowest BCUT2D eigenvalue weighted by Gasteiger charge is -2.08. The highest BCUT2D eigenvalue weighted by atomic mass is 19.4. The summed E-state index contributed by atoms with van der Waals surface area (Å²) in [6.07, 6.45) is -3.01. The van der Waals surface area contributed by atoms with Crippen molar-refractivity contribution in [2.45, 2.75) is 12.6 Å². The predicted octanol–water partition coefficient (Wildman–Crippen LogP) is 1.76. The maximum Gasteiger partial charge on any atom is 0.416 e. The van der Waals surface area contributed by atoms with Gasteiger partial charge in [-0.3, -0.25) is 4.79 Å². The van der Waals surface area contributed by atoms with Crippen LogP contribution in [0.2, 0.25) is 0 Å². The lowest BCUT2D eigenvalue weighted by atomic mass is 10.1. The summed E-state index contributed by atoms with van der Waals surface area (Å²) in [4.78, 5) is 11.2. The molecule has 0 atom stereocenters. The van der Waals surface area contributed by atoms with Gasteiger partial charge in [-0.2, -0.15) is 13.2 Å². The van der Waals surface area contributed by atoms with Crippen molar-refractivity contribution in [2.24, 2.45) is 0 Å². The first kappa shape index (κ1) is 14.5. The van der Waals surface area contributed by atoms with E-state index in [0.29, 0.717) is 5.56 Å². The third-order valence-electron chi connectivity index (χ3n) is 2.17. The van der Waals surface area contributed by atoms with Gasteiger partial charge in [-0.05, 0) is 18.1 Å². The van der Waals surface area contributed by atoms with E-state index in [9.17, 15) is 18.0 Å². The lowest BCUT2D eigenvalue weighted by Crippen LogP contribution is -2.26. The molecule has 0 saturated carbocycles. The average Bonchev–Trinajstić information content (AvgIpc) is 2.33. The number of aliphatic hydroxyl groups is 1. The van der Waals surface area contributed by atoms with Crippen molar-refractivity contribution in [3.63, 3.8) is 0 Å². The van der Waals surface area contributed by atoms with E-state index in [2.05, 4.69) is 5.32 Å². The molecule has 0 spiro atoms. The van der Waals surface area contributed by atoms with Crippen molar-refractivity contribution in [1.82, 2.24) is 5.32 Å². The summed E-state index contributed by atoms with van der Waals surface area (Å²) in [6, 6.07) is 4.75. The molecule has 99 valence electrons. The minimum atomic E-state index is -4.39. The molecule has 2 N–H and O–H groups in total. The molecule has 1 aromatic rings. The van der Waals surface area contributed by atoms with Crippen LogP contribution in [0.1, 0.15) is 17.5 Å². The third kappa shape index (κ3) is 4.75. The number of hydrogen-bond donors (Lipinski definition) is 2. The third-order valence-corrected chi connectivity index (χ3v) is 2.17. The summed E-state index contributed by atoms with van der Waals surface area (Å²) in [6.45, 7) is -0.0371. The molecular weight excluding hydrogens is 247 g/mol. The van der Waals surface area contributed by atoms with E-state index in [0.717, 1.165) is 12.1 Å². The van der Waals surface area contributed by atoms with E-state index in [-0.39, 0.29) is 25.5 Å². The Labute approximate surface area is 103 Å². The molecule has 3 nitrogen and oxygen atoms in total. The maximum atomic E-state index is 12.4. The van der Waals surface area contributed by atoms with Gasteiger partial charge in [0.25, 0.3) is 0 Å². The van der Waals surface area contributed by atoms with Gasteiger partial charge in [-0.15, -0.1) is 0 Å². The fraction of sp³-hybridized carbons (Fsp3) is 0.333. The number of alkyl halides is 3. The number of carbonyl (C=O) groups excluding carboxylic acids is 1. The molecule has 1 aromatic carbocycles. The molecule has 0 aliphatic heterocycles. The van der Waals surface area contributed by atoms with Crippen LogP contribution in [0.3, 0.4) is 0 Å². The summed E-state index contributed by atoms with van der Waals surface area (Å²) in [7, 11) is 0. The molecular formula is C12H13F3NO2. The SMILES string of the molecule is O=C(C[CH]c1cccc(C(F)(F)F)c1)NCCO. The van der Waals surface area contributed by atoms with Gasteiger partial charge in [0, 0.05) is 13.0 Å². The topological polar surface area (TPSA) is 49.3 Å². The van der Waals surface area contributed by atoms with Crippen molar-refractivity contribution >= 4 is 5.91 Å². The minimum absolute atomic E-state index is 0.0265. The van der Waals surface area contributed by atoms with Gasteiger partial charge in [-0.1, -0.05) is 18.2 Å². The lowest BCUT2D eigenvalue weighted by molar-refractivity contribution is -0.137. The van der Waals surface area contributed by atoms with Gasteiger partial charge < -0.3 is 10.4 Å². The second-order valence-corrected chi connectivity index (χ2v) is 3.61. The average molecular weight is 260 g/mol. The Morgan fingerprint density at radius 1 is 1.39 bits per heavy atom. The van der Waals surface area contributed by atoms with Gasteiger partial charge in [0.15, 0.2) is 0 Å². The Morgan fingerprint density at radius 3 is 2.72 bits per heavy atom. The van der Waals surface area contributed by atoms with Crippen LogP contribution in [-0.2, 0) is 11.0 Å². The molecule has 0 unspecified atom stereocenters. The zero-order valence-electron chi connectivity index (χ0n) is 9.50. The normalized spacial score (nSPS) is 11.3. The van der Waals surface area contributed by atoms with Gasteiger partial charge in [0.2, 0.25) is 5.91 Å². The zero-order valence-corrected chi connectivity index (χ0v) is 9.50. The van der Waals surface area contributed by atoms with Gasteiger partial charge in [0.1, 0.15) is 0 Å². The summed E-state index contributed by atoms with van der Waals surface area (Å²) >= 11 is 0. The Kier molecular flexibility index (Phi) is 5.15. The molecule has 0 aromatic heterocycles. The summed E-state index contributed by atoms with van der Waals surface area (Å²) in [5.41, 5.74) is -0.406. The smallest absolute Gasteiger partial charge is 0.395 e. The molecule has 0 aliphatic carbocycles. The highest BCUT2D eigenvalue weighted by Gasteiger charge is 2.30. The standard InChI is InChI=1S/C12H13F3NO2/c13-12(14,15)10-3-1-2-9(8-10)4-5-11(18)16-6-7-17/h1-4,8,17H,5-7H2,(H,16,18). The van der Waals surface area contributed by atoms with Crippen LogP contribution in [0.5, 0.6) is 0 Å². The van der Waals surface area contributed by atoms with E-state index in [1.807, 2.05) is 0 Å². The molecule has 0 saturated heterocycles. The molecule has 1 amide bonds. The quantitative estimate of drug-likeness (QED) is 0.847. The highest BCUT2D eigenvalue weighted by molar-refractivity contribution is 5.77. The molecule has 0 fully saturated rings. The number of nitrogens with one attached hydrogen (secondary N) is 1. The zero-order chi connectivity index (χ0) is 13.6. The largest absolute Gasteiger partial charge is 0.416 e. The number of benzene rings is 1. The van der Waals surface area contributed by atoms with Gasteiger partial charge in [-0.25, -0.2) is 0 Å². The van der Waals surface area contributed by atoms with Crippen LogP contribution in [-0.4, -0.2) is 24.2 Å².